The number of aliphatic hydroxyl groups is 1. The molecule has 0 amide bonds. The first-order valence-corrected chi connectivity index (χ1v) is 9.20. The third-order valence-electron chi connectivity index (χ3n) is 4.48. The van der Waals surface area contributed by atoms with Crippen molar-refractivity contribution in [2.75, 3.05) is 0 Å². The summed E-state index contributed by atoms with van der Waals surface area (Å²) in [7, 11) is 0. The highest BCUT2D eigenvalue weighted by atomic mass is 16.6. The molecule has 3 atom stereocenters. The molecule has 0 aromatic rings. The van der Waals surface area contributed by atoms with Gasteiger partial charge in [0.1, 0.15) is 6.10 Å². The number of carboxylic acid groups (broad SMARTS) is 1. The molecule has 0 aliphatic carbocycles. The van der Waals surface area contributed by atoms with E-state index >= 15 is 0 Å². The van der Waals surface area contributed by atoms with Crippen molar-refractivity contribution in [2.24, 2.45) is 0 Å². The van der Waals surface area contributed by atoms with Gasteiger partial charge in [-0.15, -0.1) is 0 Å². The maximum absolute atomic E-state index is 10.4. The second-order valence-electron chi connectivity index (χ2n) is 6.61. The fourth-order valence-electron chi connectivity index (χ4n) is 3.00. The molecule has 1 rings (SSSR count). The van der Waals surface area contributed by atoms with Gasteiger partial charge in [0.15, 0.2) is 0 Å². The van der Waals surface area contributed by atoms with E-state index in [0.717, 1.165) is 38.5 Å². The number of carboxylic acids is 1. The molecular formula is C18H34O4. The van der Waals surface area contributed by atoms with E-state index in [-0.39, 0.29) is 24.7 Å². The predicted molar refractivity (Wildman–Crippen MR) is 88.0 cm³/mol. The maximum atomic E-state index is 10.4. The molecule has 0 bridgehead atoms. The summed E-state index contributed by atoms with van der Waals surface area (Å²) >= 11 is 0. The molecule has 4 nitrogen and oxygen atoms in total. The van der Waals surface area contributed by atoms with Crippen molar-refractivity contribution in [3.05, 3.63) is 0 Å². The number of aliphatic carboxylic acids is 1. The van der Waals surface area contributed by atoms with Gasteiger partial charge in [0.05, 0.1) is 12.2 Å². The summed E-state index contributed by atoms with van der Waals surface area (Å²) in [6, 6.07) is 0. The molecule has 1 saturated heterocycles. The van der Waals surface area contributed by atoms with E-state index in [9.17, 15) is 9.90 Å². The van der Waals surface area contributed by atoms with Gasteiger partial charge in [0.25, 0.3) is 0 Å². The van der Waals surface area contributed by atoms with Gasteiger partial charge in [-0.05, 0) is 19.3 Å². The molecular weight excluding hydrogens is 280 g/mol. The number of unbranched alkanes of at least 4 members (excludes halogenated alkanes) is 8. The van der Waals surface area contributed by atoms with Crippen LogP contribution in [0, 0.1) is 0 Å². The normalized spacial score (nSPS) is 21.7. The Morgan fingerprint density at radius 3 is 2.36 bits per heavy atom. The van der Waals surface area contributed by atoms with Gasteiger partial charge < -0.3 is 14.9 Å². The van der Waals surface area contributed by atoms with Crippen LogP contribution in [0.25, 0.3) is 0 Å². The second kappa shape index (κ2) is 11.9. The van der Waals surface area contributed by atoms with Crippen molar-refractivity contribution in [3.8, 4) is 0 Å². The summed E-state index contributed by atoms with van der Waals surface area (Å²) < 4.78 is 5.59. The number of ether oxygens (including phenoxy) is 1. The average molecular weight is 314 g/mol. The van der Waals surface area contributed by atoms with Crippen LogP contribution in [0.1, 0.15) is 90.4 Å². The second-order valence-corrected chi connectivity index (χ2v) is 6.61. The van der Waals surface area contributed by atoms with Gasteiger partial charge in [0, 0.05) is 6.42 Å². The Balaban J connectivity index is 1.88. The number of epoxide rings is 1. The lowest BCUT2D eigenvalue weighted by Gasteiger charge is -2.07. The fourth-order valence-corrected chi connectivity index (χ4v) is 3.00. The molecule has 1 aliphatic heterocycles. The van der Waals surface area contributed by atoms with Crippen LogP contribution < -0.4 is 0 Å². The molecule has 1 aliphatic rings. The van der Waals surface area contributed by atoms with Gasteiger partial charge in [-0.1, -0.05) is 64.7 Å². The van der Waals surface area contributed by atoms with Crippen LogP contribution in [0.4, 0.5) is 0 Å². The standard InChI is InChI=1S/C18H34O4/c1-2-3-4-5-6-10-13-16-18(22-16)15(19)12-9-7-8-11-14-17(20)21/h15-16,18-19H,2-14H2,1H3,(H,20,21)/t15-,16-,18-/m0/s1. The van der Waals surface area contributed by atoms with Crippen molar-refractivity contribution in [1.82, 2.24) is 0 Å². The summed E-state index contributed by atoms with van der Waals surface area (Å²) in [5.41, 5.74) is 0. The van der Waals surface area contributed by atoms with Gasteiger partial charge in [0.2, 0.25) is 0 Å². The van der Waals surface area contributed by atoms with Crippen molar-refractivity contribution in [3.63, 3.8) is 0 Å². The molecule has 1 fully saturated rings. The van der Waals surface area contributed by atoms with Crippen molar-refractivity contribution < 1.29 is 19.7 Å². The van der Waals surface area contributed by atoms with E-state index in [1.54, 1.807) is 0 Å². The molecule has 0 saturated carbocycles. The highest BCUT2D eigenvalue weighted by Gasteiger charge is 2.42. The summed E-state index contributed by atoms with van der Waals surface area (Å²) in [4.78, 5) is 10.4. The van der Waals surface area contributed by atoms with Gasteiger partial charge in [-0.2, -0.15) is 0 Å². The minimum absolute atomic E-state index is 0.0645. The van der Waals surface area contributed by atoms with Gasteiger partial charge in [-0.25, -0.2) is 0 Å². The zero-order valence-electron chi connectivity index (χ0n) is 14.1. The topological polar surface area (TPSA) is 70.1 Å². The molecule has 0 spiro atoms. The van der Waals surface area contributed by atoms with Crippen LogP contribution in [0.2, 0.25) is 0 Å². The lowest BCUT2D eigenvalue weighted by Crippen LogP contribution is -2.16. The first-order valence-electron chi connectivity index (χ1n) is 9.20. The summed E-state index contributed by atoms with van der Waals surface area (Å²) in [6.07, 6.45) is 13.6. The van der Waals surface area contributed by atoms with Crippen molar-refractivity contribution in [2.45, 2.75) is 109 Å². The van der Waals surface area contributed by atoms with E-state index in [4.69, 9.17) is 9.84 Å². The molecule has 0 aromatic heterocycles. The summed E-state index contributed by atoms with van der Waals surface area (Å²) in [5, 5.41) is 18.6. The SMILES string of the molecule is CCCCCCCC[C@@H]1O[C@H]1[C@@H](O)CCCCCCC(=O)O. The minimum atomic E-state index is -0.719. The zero-order chi connectivity index (χ0) is 16.2. The molecule has 0 aromatic carbocycles. The minimum Gasteiger partial charge on any atom is -0.481 e. The molecule has 4 heteroatoms. The molecule has 0 radical (unpaired) electrons. The lowest BCUT2D eigenvalue weighted by molar-refractivity contribution is -0.137. The number of hydrogen-bond acceptors (Lipinski definition) is 3. The first-order chi connectivity index (χ1) is 10.6. The third kappa shape index (κ3) is 9.42. The third-order valence-corrected chi connectivity index (χ3v) is 4.48. The van der Waals surface area contributed by atoms with Crippen LogP contribution >= 0.6 is 0 Å². The molecule has 130 valence electrons. The van der Waals surface area contributed by atoms with Gasteiger partial charge >= 0.3 is 5.97 Å². The highest BCUT2D eigenvalue weighted by Crippen LogP contribution is 2.32. The van der Waals surface area contributed by atoms with Gasteiger partial charge in [-0.3, -0.25) is 4.79 Å². The lowest BCUT2D eigenvalue weighted by atomic mass is 10.0. The smallest absolute Gasteiger partial charge is 0.303 e. The Morgan fingerprint density at radius 1 is 1.00 bits per heavy atom. The Kier molecular flexibility index (Phi) is 10.5. The molecule has 0 unspecified atom stereocenters. The van der Waals surface area contributed by atoms with Crippen LogP contribution in [-0.2, 0) is 9.53 Å². The average Bonchev–Trinajstić information content (AvgIpc) is 3.25. The van der Waals surface area contributed by atoms with Crippen molar-refractivity contribution >= 4 is 5.97 Å². The molecule has 1 heterocycles. The predicted octanol–water partition coefficient (Wildman–Crippen LogP) is 4.29. The fraction of sp³-hybridized carbons (Fsp3) is 0.944. The summed E-state index contributed by atoms with van der Waals surface area (Å²) in [6.45, 7) is 2.23. The summed E-state index contributed by atoms with van der Waals surface area (Å²) in [5.74, 6) is -0.719. The van der Waals surface area contributed by atoms with E-state index < -0.39 is 5.97 Å². The van der Waals surface area contributed by atoms with E-state index in [1.807, 2.05) is 0 Å². The highest BCUT2D eigenvalue weighted by molar-refractivity contribution is 5.66. The zero-order valence-corrected chi connectivity index (χ0v) is 14.1. The van der Waals surface area contributed by atoms with Crippen LogP contribution in [-0.4, -0.2) is 34.5 Å². The Labute approximate surface area is 135 Å². The Morgan fingerprint density at radius 2 is 1.64 bits per heavy atom. The number of aliphatic hydroxyl groups excluding tert-OH is 1. The largest absolute Gasteiger partial charge is 0.481 e. The Bertz CT molecular complexity index is 293. The first kappa shape index (κ1) is 19.4. The van der Waals surface area contributed by atoms with Crippen LogP contribution in [0.15, 0.2) is 0 Å². The van der Waals surface area contributed by atoms with Crippen LogP contribution in [0.5, 0.6) is 0 Å². The van der Waals surface area contributed by atoms with E-state index in [2.05, 4.69) is 6.92 Å². The number of rotatable bonds is 15. The van der Waals surface area contributed by atoms with E-state index in [1.165, 1.54) is 38.5 Å². The monoisotopic (exact) mass is 314 g/mol. The molecule has 22 heavy (non-hydrogen) atoms. The van der Waals surface area contributed by atoms with Crippen LogP contribution in [0.3, 0.4) is 0 Å². The number of hydrogen-bond donors (Lipinski definition) is 2. The Hall–Kier alpha value is -0.610. The molecule has 2 N–H and O–H groups in total. The maximum Gasteiger partial charge on any atom is 0.303 e. The quantitative estimate of drug-likeness (QED) is 0.349. The van der Waals surface area contributed by atoms with Crippen molar-refractivity contribution in [1.29, 1.82) is 0 Å². The van der Waals surface area contributed by atoms with E-state index in [0.29, 0.717) is 0 Å². The number of carbonyl (C=O) groups is 1.